The number of rotatable bonds is 2. The van der Waals surface area contributed by atoms with Crippen LogP contribution in [0.4, 0.5) is 0 Å². The smallest absolute Gasteiger partial charge is 0.234 e. The number of amides is 2. The molecule has 4 heteroatoms. The Balaban J connectivity index is 2.17. The van der Waals surface area contributed by atoms with Crippen LogP contribution in [0.15, 0.2) is 24.3 Å². The second kappa shape index (κ2) is 4.35. The van der Waals surface area contributed by atoms with Crippen molar-refractivity contribution in [3.05, 3.63) is 29.8 Å². The van der Waals surface area contributed by atoms with Gasteiger partial charge in [0.15, 0.2) is 0 Å². The zero-order valence-corrected chi connectivity index (χ0v) is 9.03. The van der Waals surface area contributed by atoms with Gasteiger partial charge in [-0.1, -0.05) is 12.1 Å². The largest absolute Gasteiger partial charge is 0.497 e. The summed E-state index contributed by atoms with van der Waals surface area (Å²) in [6.07, 6.45) is 0.986. The summed E-state index contributed by atoms with van der Waals surface area (Å²) in [5, 5.41) is 2.35. The van der Waals surface area contributed by atoms with Crippen molar-refractivity contribution in [3.8, 4) is 5.75 Å². The zero-order chi connectivity index (χ0) is 11.5. The van der Waals surface area contributed by atoms with Crippen molar-refractivity contribution in [2.24, 2.45) is 0 Å². The van der Waals surface area contributed by atoms with Gasteiger partial charge in [0, 0.05) is 6.42 Å². The fourth-order valence-corrected chi connectivity index (χ4v) is 1.85. The molecular formula is C12H13NO3. The van der Waals surface area contributed by atoms with E-state index in [1.807, 2.05) is 24.3 Å². The number of carbonyl (C=O) groups excluding carboxylic acids is 2. The third-order valence-corrected chi connectivity index (χ3v) is 2.76. The maximum absolute atomic E-state index is 11.6. The van der Waals surface area contributed by atoms with Crippen LogP contribution in [-0.2, 0) is 9.59 Å². The molecule has 0 aromatic heterocycles. The number of carbonyl (C=O) groups is 2. The fraction of sp³-hybridized carbons (Fsp3) is 0.333. The fourth-order valence-electron chi connectivity index (χ4n) is 1.85. The van der Waals surface area contributed by atoms with Crippen LogP contribution in [0.5, 0.6) is 5.75 Å². The SMILES string of the molecule is COc1ccc(C2CCC(=O)NC2=O)cc1. The number of hydrogen-bond acceptors (Lipinski definition) is 3. The Kier molecular flexibility index (Phi) is 2.90. The van der Waals surface area contributed by atoms with Crippen LogP contribution >= 0.6 is 0 Å². The predicted molar refractivity (Wildman–Crippen MR) is 58.1 cm³/mol. The number of imide groups is 1. The molecule has 1 aliphatic heterocycles. The number of ether oxygens (including phenoxy) is 1. The molecule has 1 N–H and O–H groups in total. The van der Waals surface area contributed by atoms with Crippen LogP contribution in [0.25, 0.3) is 0 Å². The van der Waals surface area contributed by atoms with Crippen LogP contribution in [0, 0.1) is 0 Å². The minimum Gasteiger partial charge on any atom is -0.497 e. The number of methoxy groups -OCH3 is 1. The molecule has 1 unspecified atom stereocenters. The molecule has 16 heavy (non-hydrogen) atoms. The minimum absolute atomic E-state index is 0.185. The molecule has 0 saturated carbocycles. The van der Waals surface area contributed by atoms with Gasteiger partial charge in [0.25, 0.3) is 0 Å². The van der Waals surface area contributed by atoms with Gasteiger partial charge in [-0.25, -0.2) is 0 Å². The summed E-state index contributed by atoms with van der Waals surface area (Å²) < 4.78 is 5.05. The summed E-state index contributed by atoms with van der Waals surface area (Å²) in [6.45, 7) is 0. The van der Waals surface area contributed by atoms with Crippen LogP contribution in [0.2, 0.25) is 0 Å². The summed E-state index contributed by atoms with van der Waals surface area (Å²) in [7, 11) is 1.60. The maximum atomic E-state index is 11.6. The van der Waals surface area contributed by atoms with Crippen LogP contribution < -0.4 is 10.1 Å². The molecule has 1 fully saturated rings. The van der Waals surface area contributed by atoms with E-state index in [-0.39, 0.29) is 17.7 Å². The second-order valence-electron chi connectivity index (χ2n) is 3.78. The van der Waals surface area contributed by atoms with E-state index in [0.717, 1.165) is 11.3 Å². The Labute approximate surface area is 93.6 Å². The van der Waals surface area contributed by atoms with Gasteiger partial charge in [-0.15, -0.1) is 0 Å². The highest BCUT2D eigenvalue weighted by molar-refractivity contribution is 6.00. The van der Waals surface area contributed by atoms with Crippen molar-refractivity contribution >= 4 is 11.8 Å². The van der Waals surface area contributed by atoms with Crippen molar-refractivity contribution in [2.75, 3.05) is 7.11 Å². The lowest BCUT2D eigenvalue weighted by atomic mass is 9.90. The first-order chi connectivity index (χ1) is 7.70. The molecule has 1 saturated heterocycles. The van der Waals surface area contributed by atoms with E-state index >= 15 is 0 Å². The number of hydrogen-bond donors (Lipinski definition) is 1. The average Bonchev–Trinajstić information content (AvgIpc) is 2.29. The summed E-state index contributed by atoms with van der Waals surface area (Å²) in [5.41, 5.74) is 0.922. The predicted octanol–water partition coefficient (Wildman–Crippen LogP) is 1.22. The quantitative estimate of drug-likeness (QED) is 0.761. The van der Waals surface area contributed by atoms with E-state index < -0.39 is 0 Å². The van der Waals surface area contributed by atoms with Gasteiger partial charge in [-0.2, -0.15) is 0 Å². The van der Waals surface area contributed by atoms with Crippen molar-refractivity contribution in [1.29, 1.82) is 0 Å². The van der Waals surface area contributed by atoms with Crippen LogP contribution in [-0.4, -0.2) is 18.9 Å². The van der Waals surface area contributed by atoms with E-state index in [0.29, 0.717) is 12.8 Å². The molecule has 1 aromatic rings. The van der Waals surface area contributed by atoms with Crippen molar-refractivity contribution in [3.63, 3.8) is 0 Å². The lowest BCUT2D eigenvalue weighted by molar-refractivity contribution is -0.134. The van der Waals surface area contributed by atoms with Crippen LogP contribution in [0.3, 0.4) is 0 Å². The second-order valence-corrected chi connectivity index (χ2v) is 3.78. The molecule has 84 valence electrons. The van der Waals surface area contributed by atoms with E-state index in [1.54, 1.807) is 7.11 Å². The number of nitrogens with one attached hydrogen (secondary N) is 1. The standard InChI is InChI=1S/C12H13NO3/c1-16-9-4-2-8(3-5-9)10-6-7-11(14)13-12(10)15/h2-5,10H,6-7H2,1H3,(H,13,14,15). The minimum atomic E-state index is -0.219. The topological polar surface area (TPSA) is 55.4 Å². The lowest BCUT2D eigenvalue weighted by Gasteiger charge is -2.21. The highest BCUT2D eigenvalue weighted by Crippen LogP contribution is 2.26. The van der Waals surface area contributed by atoms with Gasteiger partial charge >= 0.3 is 0 Å². The Morgan fingerprint density at radius 1 is 1.25 bits per heavy atom. The normalized spacial score (nSPS) is 20.4. The first-order valence-corrected chi connectivity index (χ1v) is 5.18. The van der Waals surface area contributed by atoms with E-state index in [1.165, 1.54) is 0 Å². The molecule has 4 nitrogen and oxygen atoms in total. The summed E-state index contributed by atoms with van der Waals surface area (Å²) in [4.78, 5) is 22.6. The monoisotopic (exact) mass is 219 g/mol. The molecule has 1 aromatic carbocycles. The summed E-state index contributed by atoms with van der Waals surface area (Å²) in [5.74, 6) is 0.149. The molecule has 1 aliphatic rings. The van der Waals surface area contributed by atoms with Gasteiger partial charge in [-0.05, 0) is 24.1 Å². The molecule has 2 rings (SSSR count). The first-order valence-electron chi connectivity index (χ1n) is 5.18. The molecular weight excluding hydrogens is 206 g/mol. The van der Waals surface area contributed by atoms with E-state index in [2.05, 4.69) is 5.32 Å². The molecule has 0 aliphatic carbocycles. The van der Waals surface area contributed by atoms with Gasteiger partial charge in [0.1, 0.15) is 5.75 Å². The Hall–Kier alpha value is -1.84. The van der Waals surface area contributed by atoms with Gasteiger partial charge in [0.05, 0.1) is 13.0 Å². The molecule has 0 spiro atoms. The lowest BCUT2D eigenvalue weighted by Crippen LogP contribution is -2.39. The molecule has 2 amide bonds. The highest BCUT2D eigenvalue weighted by Gasteiger charge is 2.27. The molecule has 1 heterocycles. The number of benzene rings is 1. The maximum Gasteiger partial charge on any atom is 0.234 e. The van der Waals surface area contributed by atoms with Gasteiger partial charge in [0.2, 0.25) is 11.8 Å². The number of piperidine rings is 1. The summed E-state index contributed by atoms with van der Waals surface area (Å²) >= 11 is 0. The van der Waals surface area contributed by atoms with Crippen molar-refractivity contribution in [1.82, 2.24) is 5.32 Å². The Morgan fingerprint density at radius 3 is 2.50 bits per heavy atom. The van der Waals surface area contributed by atoms with E-state index in [9.17, 15) is 9.59 Å². The molecule has 0 bridgehead atoms. The van der Waals surface area contributed by atoms with Gasteiger partial charge in [-0.3, -0.25) is 14.9 Å². The third-order valence-electron chi connectivity index (χ3n) is 2.76. The molecule has 1 atom stereocenters. The Bertz CT molecular complexity index is 411. The first kappa shape index (κ1) is 10.7. The third kappa shape index (κ3) is 2.05. The highest BCUT2D eigenvalue weighted by atomic mass is 16.5. The average molecular weight is 219 g/mol. The Morgan fingerprint density at radius 2 is 1.94 bits per heavy atom. The van der Waals surface area contributed by atoms with E-state index in [4.69, 9.17) is 4.74 Å². The van der Waals surface area contributed by atoms with Crippen molar-refractivity contribution in [2.45, 2.75) is 18.8 Å². The van der Waals surface area contributed by atoms with Gasteiger partial charge < -0.3 is 4.74 Å². The zero-order valence-electron chi connectivity index (χ0n) is 9.03. The van der Waals surface area contributed by atoms with Crippen LogP contribution in [0.1, 0.15) is 24.3 Å². The van der Waals surface area contributed by atoms with Crippen molar-refractivity contribution < 1.29 is 14.3 Å². The summed E-state index contributed by atoms with van der Waals surface area (Å²) in [6, 6.07) is 7.36. The molecule has 0 radical (unpaired) electrons.